The van der Waals surface area contributed by atoms with Gasteiger partial charge >= 0.3 is 5.97 Å². The summed E-state index contributed by atoms with van der Waals surface area (Å²) in [5.74, 6) is 6.61. The molecule has 0 radical (unpaired) electrons. The molecule has 0 aliphatic heterocycles. The average Bonchev–Trinajstić information content (AvgIpc) is 3.22. The Morgan fingerprint density at radius 2 is 1.81 bits per heavy atom. The lowest BCUT2D eigenvalue weighted by molar-refractivity contribution is -0.136. The molecule has 3 N–H and O–H groups in total. The number of hydrogen-bond acceptors (Lipinski definition) is 4. The third kappa shape index (κ3) is 5.25. The number of imidazole rings is 1. The van der Waals surface area contributed by atoms with Crippen LogP contribution < -0.4 is 5.32 Å². The highest BCUT2D eigenvalue weighted by Gasteiger charge is 2.30. The maximum absolute atomic E-state index is 10.6. The van der Waals surface area contributed by atoms with Crippen molar-refractivity contribution in [3.63, 3.8) is 0 Å². The molecule has 1 fully saturated rings. The van der Waals surface area contributed by atoms with Crippen LogP contribution in [-0.4, -0.2) is 38.3 Å². The van der Waals surface area contributed by atoms with Gasteiger partial charge in [-0.25, -0.2) is 4.98 Å². The number of carbonyl (C=O) groups is 1. The van der Waals surface area contributed by atoms with Crippen LogP contribution in [0.5, 0.6) is 0 Å². The van der Waals surface area contributed by atoms with Crippen LogP contribution in [0.1, 0.15) is 48.7 Å². The Morgan fingerprint density at radius 3 is 2.44 bits per heavy atom. The molecule has 1 aliphatic rings. The Labute approximate surface area is 187 Å². The number of nitrogens with one attached hydrogen (secondary N) is 1. The molecule has 2 aromatic carbocycles. The molecule has 1 aliphatic carbocycles. The first-order valence-corrected chi connectivity index (χ1v) is 10.8. The number of rotatable bonds is 7. The van der Waals surface area contributed by atoms with Crippen LogP contribution in [-0.2, 0) is 11.3 Å². The Balaban J connectivity index is 1.33. The summed E-state index contributed by atoms with van der Waals surface area (Å²) in [5, 5.41) is 21.5. The van der Waals surface area contributed by atoms with Gasteiger partial charge in [0.2, 0.25) is 0 Å². The topological polar surface area (TPSA) is 87.4 Å². The van der Waals surface area contributed by atoms with E-state index in [-0.39, 0.29) is 6.54 Å². The van der Waals surface area contributed by atoms with Gasteiger partial charge in [0.1, 0.15) is 11.9 Å². The van der Waals surface area contributed by atoms with Crippen molar-refractivity contribution in [2.75, 3.05) is 6.54 Å². The number of hydrogen-bond donors (Lipinski definition) is 3. The molecule has 164 valence electrons. The van der Waals surface area contributed by atoms with Gasteiger partial charge in [0.05, 0.1) is 13.1 Å². The van der Waals surface area contributed by atoms with Gasteiger partial charge in [0.25, 0.3) is 0 Å². The number of benzene rings is 2. The van der Waals surface area contributed by atoms with Crippen LogP contribution >= 0.6 is 0 Å². The minimum Gasteiger partial charge on any atom is -0.480 e. The minimum atomic E-state index is -0.807. The minimum absolute atomic E-state index is 0.0309. The summed E-state index contributed by atoms with van der Waals surface area (Å²) in [6.45, 7) is 2.21. The van der Waals surface area contributed by atoms with Gasteiger partial charge in [-0.2, -0.15) is 0 Å². The molecule has 3 aromatic rings. The standard InChI is InChI=1S/C26H27N3O3/c1-18(30)26-27-12-14-29(26)13-2-3-19-4-6-20(7-5-19)21-8-10-22(11-9-21)23-15-24(16-23)28-17-25(31)32/h4-12,14,18,23-24,28,30H,13,15-17H2,1H3,(H,31,32). The van der Waals surface area contributed by atoms with E-state index in [1.54, 1.807) is 13.1 Å². The molecule has 1 atom stereocenters. The lowest BCUT2D eigenvalue weighted by atomic mass is 9.75. The first-order chi connectivity index (χ1) is 15.5. The second-order valence-corrected chi connectivity index (χ2v) is 8.23. The molecular formula is C26H27N3O3. The Morgan fingerprint density at radius 1 is 1.16 bits per heavy atom. The number of carboxylic acids is 1. The highest BCUT2D eigenvalue weighted by Crippen LogP contribution is 2.37. The zero-order valence-corrected chi connectivity index (χ0v) is 18.0. The van der Waals surface area contributed by atoms with Gasteiger partial charge in [-0.05, 0) is 54.5 Å². The van der Waals surface area contributed by atoms with E-state index < -0.39 is 12.1 Å². The molecule has 32 heavy (non-hydrogen) atoms. The van der Waals surface area contributed by atoms with Crippen LogP contribution in [0.3, 0.4) is 0 Å². The number of aliphatic hydroxyl groups is 1. The maximum atomic E-state index is 10.6. The molecule has 4 rings (SSSR count). The van der Waals surface area contributed by atoms with Crippen LogP contribution in [0, 0.1) is 11.8 Å². The second kappa shape index (κ2) is 9.82. The first kappa shape index (κ1) is 21.8. The molecule has 0 saturated heterocycles. The van der Waals surface area contributed by atoms with Crippen LogP contribution in [0.25, 0.3) is 11.1 Å². The lowest BCUT2D eigenvalue weighted by Gasteiger charge is -2.36. The predicted octanol–water partition coefficient (Wildman–Crippen LogP) is 3.58. The highest BCUT2D eigenvalue weighted by molar-refractivity contribution is 5.69. The number of nitrogens with zero attached hydrogens (tertiary/aromatic N) is 2. The summed E-state index contributed by atoms with van der Waals surface area (Å²) in [4.78, 5) is 14.8. The smallest absolute Gasteiger partial charge is 0.317 e. The monoisotopic (exact) mass is 429 g/mol. The largest absolute Gasteiger partial charge is 0.480 e. The third-order valence-electron chi connectivity index (χ3n) is 5.88. The zero-order valence-electron chi connectivity index (χ0n) is 18.0. The molecule has 1 heterocycles. The summed E-state index contributed by atoms with van der Waals surface area (Å²) in [6, 6.07) is 17.1. The molecule has 0 amide bonds. The van der Waals surface area contributed by atoms with E-state index >= 15 is 0 Å². The van der Waals surface area contributed by atoms with Gasteiger partial charge in [-0.3, -0.25) is 4.79 Å². The Bertz CT molecular complexity index is 1120. The van der Waals surface area contributed by atoms with E-state index in [4.69, 9.17) is 5.11 Å². The molecule has 0 spiro atoms. The fourth-order valence-corrected chi connectivity index (χ4v) is 4.03. The van der Waals surface area contributed by atoms with Crippen molar-refractivity contribution in [2.45, 2.75) is 44.4 Å². The molecule has 1 saturated carbocycles. The predicted molar refractivity (Wildman–Crippen MR) is 123 cm³/mol. The summed E-state index contributed by atoms with van der Waals surface area (Å²) in [5.41, 5.74) is 4.55. The average molecular weight is 430 g/mol. The molecular weight excluding hydrogens is 402 g/mol. The lowest BCUT2D eigenvalue weighted by Crippen LogP contribution is -2.42. The van der Waals surface area contributed by atoms with E-state index in [1.165, 1.54) is 5.56 Å². The van der Waals surface area contributed by atoms with E-state index in [9.17, 15) is 9.90 Å². The van der Waals surface area contributed by atoms with Gasteiger partial charge in [0, 0.05) is 24.0 Å². The van der Waals surface area contributed by atoms with E-state index in [0.717, 1.165) is 29.5 Å². The van der Waals surface area contributed by atoms with Crippen molar-refractivity contribution in [3.8, 4) is 23.0 Å². The van der Waals surface area contributed by atoms with Crippen LogP contribution in [0.15, 0.2) is 60.9 Å². The zero-order chi connectivity index (χ0) is 22.5. The second-order valence-electron chi connectivity index (χ2n) is 8.23. The van der Waals surface area contributed by atoms with Crippen LogP contribution in [0.4, 0.5) is 0 Å². The Hall–Kier alpha value is -3.40. The molecule has 1 aromatic heterocycles. The molecule has 6 heteroatoms. The van der Waals surface area contributed by atoms with E-state index in [1.807, 2.05) is 22.9 Å². The number of aromatic nitrogens is 2. The summed E-state index contributed by atoms with van der Waals surface area (Å²) in [6.07, 6.45) is 4.84. The number of aliphatic hydroxyl groups excluding tert-OH is 1. The van der Waals surface area contributed by atoms with Crippen molar-refractivity contribution in [2.24, 2.45) is 0 Å². The van der Waals surface area contributed by atoms with Gasteiger partial charge in [0.15, 0.2) is 0 Å². The summed E-state index contributed by atoms with van der Waals surface area (Å²) >= 11 is 0. The normalized spacial score (nSPS) is 18.3. The van der Waals surface area contributed by atoms with Gasteiger partial charge in [-0.15, -0.1) is 0 Å². The van der Waals surface area contributed by atoms with Gasteiger partial charge < -0.3 is 20.1 Å². The molecule has 0 bridgehead atoms. The first-order valence-electron chi connectivity index (χ1n) is 10.8. The fraction of sp³-hybridized carbons (Fsp3) is 0.308. The molecule has 1 unspecified atom stereocenters. The van der Waals surface area contributed by atoms with Crippen LogP contribution in [0.2, 0.25) is 0 Å². The Kier molecular flexibility index (Phi) is 6.69. The van der Waals surface area contributed by atoms with E-state index in [0.29, 0.717) is 24.3 Å². The van der Waals surface area contributed by atoms with Crippen molar-refractivity contribution in [1.82, 2.24) is 14.9 Å². The summed E-state index contributed by atoms with van der Waals surface area (Å²) in [7, 11) is 0. The van der Waals surface area contributed by atoms with Crippen molar-refractivity contribution < 1.29 is 15.0 Å². The summed E-state index contributed by atoms with van der Waals surface area (Å²) < 4.78 is 1.85. The number of aliphatic carboxylic acids is 1. The van der Waals surface area contributed by atoms with E-state index in [2.05, 4.69) is 58.5 Å². The highest BCUT2D eigenvalue weighted by atomic mass is 16.4. The van der Waals surface area contributed by atoms with Crippen molar-refractivity contribution in [3.05, 3.63) is 77.9 Å². The molecule has 6 nitrogen and oxygen atoms in total. The fourth-order valence-electron chi connectivity index (χ4n) is 4.03. The third-order valence-corrected chi connectivity index (χ3v) is 5.88. The quantitative estimate of drug-likeness (QED) is 0.500. The number of carboxylic acid groups (broad SMARTS) is 1. The van der Waals surface area contributed by atoms with Crippen molar-refractivity contribution >= 4 is 5.97 Å². The van der Waals surface area contributed by atoms with Gasteiger partial charge in [-0.1, -0.05) is 48.2 Å². The maximum Gasteiger partial charge on any atom is 0.317 e. The SMILES string of the molecule is CC(O)c1nccn1CC#Cc1ccc(-c2ccc(C3CC(NCC(=O)O)C3)cc2)cc1. The van der Waals surface area contributed by atoms with Crippen molar-refractivity contribution in [1.29, 1.82) is 0 Å².